The predicted octanol–water partition coefficient (Wildman–Crippen LogP) is 1.37. The van der Waals surface area contributed by atoms with Crippen LogP contribution in [-0.2, 0) is 4.79 Å². The molecular weight excluding hydrogens is 268 g/mol. The van der Waals surface area contributed by atoms with E-state index in [1.54, 1.807) is 7.11 Å². The van der Waals surface area contributed by atoms with Crippen molar-refractivity contribution in [3.05, 3.63) is 12.4 Å². The number of hydrogen-bond donors (Lipinski definition) is 1. The fourth-order valence-corrected chi connectivity index (χ4v) is 2.86. The van der Waals surface area contributed by atoms with E-state index >= 15 is 0 Å². The van der Waals surface area contributed by atoms with Gasteiger partial charge >= 0.3 is 0 Å². The number of carbonyl (C=O) groups excluding carboxylic acids is 1. The van der Waals surface area contributed by atoms with Gasteiger partial charge in [-0.1, -0.05) is 6.42 Å². The number of nitrogens with zero attached hydrogens (tertiary/aromatic N) is 3. The van der Waals surface area contributed by atoms with Crippen LogP contribution in [-0.4, -0.2) is 42.1 Å². The van der Waals surface area contributed by atoms with Crippen LogP contribution in [0.2, 0.25) is 0 Å². The Bertz CT molecular complexity index is 496. The van der Waals surface area contributed by atoms with Crippen LogP contribution < -0.4 is 15.0 Å². The number of rotatable bonds is 4. The third kappa shape index (κ3) is 3.25. The molecule has 1 aromatic rings. The molecule has 21 heavy (non-hydrogen) atoms. The molecule has 0 radical (unpaired) electrons. The maximum Gasteiger partial charge on any atom is 0.223 e. The molecular formula is C15H22N4O2. The van der Waals surface area contributed by atoms with Crippen molar-refractivity contribution in [2.45, 2.75) is 38.1 Å². The van der Waals surface area contributed by atoms with E-state index in [1.807, 2.05) is 6.07 Å². The van der Waals surface area contributed by atoms with Gasteiger partial charge in [0.2, 0.25) is 11.8 Å². The molecule has 3 rings (SSSR count). The minimum Gasteiger partial charge on any atom is -0.481 e. The zero-order valence-corrected chi connectivity index (χ0v) is 12.4. The number of nitrogens with one attached hydrogen (secondary N) is 1. The summed E-state index contributed by atoms with van der Waals surface area (Å²) in [6, 6.07) is 2.16. The first-order valence-corrected chi connectivity index (χ1v) is 7.67. The van der Waals surface area contributed by atoms with Gasteiger partial charge in [-0.15, -0.1) is 0 Å². The number of aromatic nitrogens is 2. The van der Waals surface area contributed by atoms with E-state index in [-0.39, 0.29) is 11.8 Å². The second kappa shape index (κ2) is 6.28. The van der Waals surface area contributed by atoms with Gasteiger partial charge in [-0.3, -0.25) is 4.79 Å². The lowest BCUT2D eigenvalue weighted by Gasteiger charge is -2.34. The summed E-state index contributed by atoms with van der Waals surface area (Å²) >= 11 is 0. The second-order valence-electron chi connectivity index (χ2n) is 5.82. The largest absolute Gasteiger partial charge is 0.481 e. The van der Waals surface area contributed by atoms with Crippen molar-refractivity contribution in [1.29, 1.82) is 0 Å². The van der Waals surface area contributed by atoms with E-state index in [4.69, 9.17) is 4.74 Å². The van der Waals surface area contributed by atoms with Crippen LogP contribution >= 0.6 is 0 Å². The Hall–Kier alpha value is -1.85. The van der Waals surface area contributed by atoms with Crippen LogP contribution in [0.15, 0.2) is 12.4 Å². The van der Waals surface area contributed by atoms with Crippen LogP contribution in [0.4, 0.5) is 5.82 Å². The summed E-state index contributed by atoms with van der Waals surface area (Å²) in [5.41, 5.74) is 0. The number of methoxy groups -OCH3 is 1. The quantitative estimate of drug-likeness (QED) is 0.907. The lowest BCUT2D eigenvalue weighted by atomic mass is 9.84. The van der Waals surface area contributed by atoms with Crippen molar-refractivity contribution in [2.75, 3.05) is 25.1 Å². The number of anilines is 1. The number of amides is 1. The molecule has 1 aliphatic heterocycles. The van der Waals surface area contributed by atoms with Crippen molar-refractivity contribution in [1.82, 2.24) is 15.3 Å². The molecule has 6 heteroatoms. The molecule has 0 bridgehead atoms. The lowest BCUT2D eigenvalue weighted by molar-refractivity contribution is -0.128. The molecule has 2 fully saturated rings. The third-order valence-corrected chi connectivity index (χ3v) is 4.48. The Morgan fingerprint density at radius 1 is 1.29 bits per heavy atom. The molecule has 0 spiro atoms. The average Bonchev–Trinajstić information content (AvgIpc) is 2.46. The Kier molecular flexibility index (Phi) is 4.22. The summed E-state index contributed by atoms with van der Waals surface area (Å²) in [6.07, 6.45) is 6.77. The molecule has 114 valence electrons. The standard InChI is InChI=1S/C15H22N4O2/c1-21-14-9-13(16-10-17-14)19-7-5-12(6-8-19)18-15(20)11-3-2-4-11/h9-12H,2-8H2,1H3,(H,18,20). The van der Waals surface area contributed by atoms with Crippen LogP contribution in [0.25, 0.3) is 0 Å². The fraction of sp³-hybridized carbons (Fsp3) is 0.667. The Morgan fingerprint density at radius 2 is 2.05 bits per heavy atom. The van der Waals surface area contributed by atoms with Crippen LogP contribution in [0.5, 0.6) is 5.88 Å². The molecule has 1 saturated heterocycles. The van der Waals surface area contributed by atoms with Gasteiger partial charge in [0.1, 0.15) is 12.1 Å². The maximum absolute atomic E-state index is 12.0. The van der Waals surface area contributed by atoms with E-state index in [9.17, 15) is 4.79 Å². The molecule has 1 N–H and O–H groups in total. The summed E-state index contributed by atoms with van der Waals surface area (Å²) in [4.78, 5) is 22.5. The maximum atomic E-state index is 12.0. The van der Waals surface area contributed by atoms with Crippen molar-refractivity contribution in [2.24, 2.45) is 5.92 Å². The summed E-state index contributed by atoms with van der Waals surface area (Å²) in [7, 11) is 1.61. The first kappa shape index (κ1) is 14.1. The van der Waals surface area contributed by atoms with Crippen molar-refractivity contribution in [3.8, 4) is 5.88 Å². The highest BCUT2D eigenvalue weighted by molar-refractivity contribution is 5.79. The predicted molar refractivity (Wildman–Crippen MR) is 79.3 cm³/mol. The van der Waals surface area contributed by atoms with Gasteiger partial charge < -0.3 is 15.0 Å². The number of piperidine rings is 1. The van der Waals surface area contributed by atoms with Gasteiger partial charge in [-0.2, -0.15) is 0 Å². The van der Waals surface area contributed by atoms with Crippen molar-refractivity contribution >= 4 is 11.7 Å². The van der Waals surface area contributed by atoms with Gasteiger partial charge in [0.15, 0.2) is 0 Å². The molecule has 1 saturated carbocycles. The molecule has 6 nitrogen and oxygen atoms in total. The Labute approximate surface area is 124 Å². The highest BCUT2D eigenvalue weighted by atomic mass is 16.5. The zero-order chi connectivity index (χ0) is 14.7. The lowest BCUT2D eigenvalue weighted by Crippen LogP contribution is -2.47. The molecule has 1 aliphatic carbocycles. The highest BCUT2D eigenvalue weighted by Gasteiger charge is 2.28. The van der Waals surface area contributed by atoms with Gasteiger partial charge in [-0.05, 0) is 25.7 Å². The molecule has 1 amide bonds. The smallest absolute Gasteiger partial charge is 0.223 e. The van der Waals surface area contributed by atoms with Gasteiger partial charge in [-0.25, -0.2) is 9.97 Å². The van der Waals surface area contributed by atoms with E-state index in [0.717, 1.165) is 44.6 Å². The van der Waals surface area contributed by atoms with E-state index in [0.29, 0.717) is 11.9 Å². The zero-order valence-electron chi connectivity index (χ0n) is 12.4. The van der Waals surface area contributed by atoms with Crippen LogP contribution in [0.3, 0.4) is 0 Å². The van der Waals surface area contributed by atoms with Crippen molar-refractivity contribution < 1.29 is 9.53 Å². The number of hydrogen-bond acceptors (Lipinski definition) is 5. The van der Waals surface area contributed by atoms with Crippen LogP contribution in [0.1, 0.15) is 32.1 Å². The first-order valence-electron chi connectivity index (χ1n) is 7.67. The fourth-order valence-electron chi connectivity index (χ4n) is 2.86. The monoisotopic (exact) mass is 290 g/mol. The molecule has 1 aromatic heterocycles. The normalized spacial score (nSPS) is 20.0. The highest BCUT2D eigenvalue weighted by Crippen LogP contribution is 2.27. The minimum absolute atomic E-state index is 0.253. The summed E-state index contributed by atoms with van der Waals surface area (Å²) < 4.78 is 5.13. The Balaban J connectivity index is 1.51. The minimum atomic E-state index is 0.253. The number of carbonyl (C=O) groups is 1. The molecule has 0 atom stereocenters. The summed E-state index contributed by atoms with van der Waals surface area (Å²) in [5, 5.41) is 3.19. The van der Waals surface area contributed by atoms with Crippen molar-refractivity contribution in [3.63, 3.8) is 0 Å². The van der Waals surface area contributed by atoms with Crippen LogP contribution in [0, 0.1) is 5.92 Å². The topological polar surface area (TPSA) is 67.3 Å². The summed E-state index contributed by atoms with van der Waals surface area (Å²) in [5.74, 6) is 2.00. The first-order chi connectivity index (χ1) is 10.3. The van der Waals surface area contributed by atoms with E-state index in [1.165, 1.54) is 12.7 Å². The van der Waals surface area contributed by atoms with E-state index < -0.39 is 0 Å². The third-order valence-electron chi connectivity index (χ3n) is 4.48. The Morgan fingerprint density at radius 3 is 2.67 bits per heavy atom. The summed E-state index contributed by atoms with van der Waals surface area (Å²) in [6.45, 7) is 1.80. The second-order valence-corrected chi connectivity index (χ2v) is 5.82. The number of ether oxygens (including phenoxy) is 1. The molecule has 0 unspecified atom stereocenters. The van der Waals surface area contributed by atoms with E-state index in [2.05, 4.69) is 20.2 Å². The van der Waals surface area contributed by atoms with Gasteiger partial charge in [0, 0.05) is 31.1 Å². The van der Waals surface area contributed by atoms with Gasteiger partial charge in [0.05, 0.1) is 7.11 Å². The SMILES string of the molecule is COc1cc(N2CCC(NC(=O)C3CCC3)CC2)ncn1. The average molecular weight is 290 g/mol. The molecule has 2 aliphatic rings. The molecule has 0 aromatic carbocycles. The van der Waals surface area contributed by atoms with Gasteiger partial charge in [0.25, 0.3) is 0 Å². The molecule has 2 heterocycles.